The lowest BCUT2D eigenvalue weighted by Crippen LogP contribution is -2.24. The van der Waals surface area contributed by atoms with E-state index in [1.807, 2.05) is 6.20 Å². The number of rotatable bonds is 3. The third-order valence-corrected chi connectivity index (χ3v) is 2.58. The molecule has 0 bridgehead atoms. The number of hydrogen-bond acceptors (Lipinski definition) is 3. The minimum Gasteiger partial charge on any atom is -0.377 e. The van der Waals surface area contributed by atoms with Gasteiger partial charge in [0.25, 0.3) is 0 Å². The van der Waals surface area contributed by atoms with Crippen molar-refractivity contribution >= 4 is 5.78 Å². The van der Waals surface area contributed by atoms with Gasteiger partial charge in [-0.3, -0.25) is 4.79 Å². The number of nitrogens with one attached hydrogen (secondary N) is 1. The number of likely N-dealkylation sites (tertiary alicyclic amines) is 1. The third kappa shape index (κ3) is 2.68. The maximum absolute atomic E-state index is 11.6. The van der Waals surface area contributed by atoms with Crippen LogP contribution in [-0.2, 0) is 0 Å². The van der Waals surface area contributed by atoms with Gasteiger partial charge >= 0.3 is 0 Å². The van der Waals surface area contributed by atoms with E-state index in [0.717, 1.165) is 13.1 Å². The summed E-state index contributed by atoms with van der Waals surface area (Å²) in [5, 5.41) is 0. The maximum atomic E-state index is 11.6. The molecule has 1 fully saturated rings. The van der Waals surface area contributed by atoms with Crippen molar-refractivity contribution in [1.29, 1.82) is 0 Å². The van der Waals surface area contributed by atoms with Crippen LogP contribution >= 0.6 is 0 Å². The summed E-state index contributed by atoms with van der Waals surface area (Å²) >= 11 is 0. The predicted octanol–water partition coefficient (Wildman–Crippen LogP) is 1.59. The van der Waals surface area contributed by atoms with Gasteiger partial charge in [0.15, 0.2) is 0 Å². The van der Waals surface area contributed by atoms with Crippen molar-refractivity contribution < 1.29 is 4.79 Å². The van der Waals surface area contributed by atoms with Gasteiger partial charge in [-0.2, -0.15) is 0 Å². The average Bonchev–Trinajstić information content (AvgIpc) is 2.81. The zero-order valence-electron chi connectivity index (χ0n) is 8.65. The van der Waals surface area contributed by atoms with E-state index < -0.39 is 0 Å². The van der Waals surface area contributed by atoms with Gasteiger partial charge < -0.3 is 9.88 Å². The van der Waals surface area contributed by atoms with Crippen LogP contribution in [0.15, 0.2) is 24.8 Å². The molecular formula is C11H15N3O. The highest BCUT2D eigenvalue weighted by Crippen LogP contribution is 2.08. The first-order valence-electron chi connectivity index (χ1n) is 5.31. The number of aromatic nitrogens is 2. The quantitative estimate of drug-likeness (QED) is 0.602. The number of imidazole rings is 1. The minimum atomic E-state index is -0.0400. The van der Waals surface area contributed by atoms with Crippen molar-refractivity contribution in [1.82, 2.24) is 14.9 Å². The van der Waals surface area contributed by atoms with E-state index >= 15 is 0 Å². The molecule has 1 aliphatic rings. The first-order chi connectivity index (χ1) is 7.36. The van der Waals surface area contributed by atoms with Crippen LogP contribution in [0.1, 0.15) is 29.8 Å². The van der Waals surface area contributed by atoms with Gasteiger partial charge in [0.1, 0.15) is 5.69 Å². The van der Waals surface area contributed by atoms with E-state index in [4.69, 9.17) is 0 Å². The Balaban J connectivity index is 1.90. The highest BCUT2D eigenvalue weighted by atomic mass is 16.1. The molecule has 0 spiro atoms. The van der Waals surface area contributed by atoms with Crippen LogP contribution in [0.25, 0.3) is 0 Å². The Morgan fingerprint density at radius 2 is 2.20 bits per heavy atom. The van der Waals surface area contributed by atoms with Gasteiger partial charge in [0.2, 0.25) is 5.78 Å². The summed E-state index contributed by atoms with van der Waals surface area (Å²) in [6.07, 6.45) is 10.4. The third-order valence-electron chi connectivity index (χ3n) is 2.58. The zero-order chi connectivity index (χ0) is 10.5. The van der Waals surface area contributed by atoms with Crippen LogP contribution in [-0.4, -0.2) is 33.7 Å². The fourth-order valence-corrected chi connectivity index (χ4v) is 1.72. The number of allylic oxidation sites excluding steroid dienone is 1. The SMILES string of the molecule is O=C(C=CN1CCCCC1)c1c[nH]cn1. The molecule has 1 aliphatic heterocycles. The lowest BCUT2D eigenvalue weighted by atomic mass is 10.1. The van der Waals surface area contributed by atoms with Crippen LogP contribution in [0.2, 0.25) is 0 Å². The largest absolute Gasteiger partial charge is 0.377 e. The molecule has 4 heteroatoms. The molecule has 0 unspecified atom stereocenters. The first-order valence-corrected chi connectivity index (χ1v) is 5.31. The summed E-state index contributed by atoms with van der Waals surface area (Å²) in [5.74, 6) is -0.0400. The Labute approximate surface area is 89.0 Å². The smallest absolute Gasteiger partial charge is 0.207 e. The van der Waals surface area contributed by atoms with Crippen LogP contribution in [0, 0.1) is 0 Å². The Bertz CT molecular complexity index is 337. The maximum Gasteiger partial charge on any atom is 0.207 e. The number of aromatic amines is 1. The summed E-state index contributed by atoms with van der Waals surface area (Å²) in [4.78, 5) is 20.4. The van der Waals surface area contributed by atoms with E-state index in [2.05, 4.69) is 14.9 Å². The number of nitrogens with zero attached hydrogens (tertiary/aromatic N) is 2. The molecular weight excluding hydrogens is 190 g/mol. The number of carbonyl (C=O) groups excluding carboxylic acids is 1. The highest BCUT2D eigenvalue weighted by molar-refractivity contribution is 6.02. The predicted molar refractivity (Wildman–Crippen MR) is 57.5 cm³/mol. The van der Waals surface area contributed by atoms with E-state index in [9.17, 15) is 4.79 Å². The van der Waals surface area contributed by atoms with Crippen molar-refractivity contribution in [3.63, 3.8) is 0 Å². The molecule has 1 aromatic rings. The molecule has 4 nitrogen and oxygen atoms in total. The molecule has 1 N–H and O–H groups in total. The zero-order valence-corrected chi connectivity index (χ0v) is 8.65. The first kappa shape index (κ1) is 9.96. The second-order valence-electron chi connectivity index (χ2n) is 3.73. The summed E-state index contributed by atoms with van der Waals surface area (Å²) in [6, 6.07) is 0. The number of ketones is 1. The second kappa shape index (κ2) is 4.77. The topological polar surface area (TPSA) is 49.0 Å². The molecule has 0 amide bonds. The van der Waals surface area contributed by atoms with Gasteiger partial charge in [-0.15, -0.1) is 0 Å². The normalized spacial score (nSPS) is 17.2. The van der Waals surface area contributed by atoms with Crippen LogP contribution in [0.5, 0.6) is 0 Å². The summed E-state index contributed by atoms with van der Waals surface area (Å²) in [6.45, 7) is 2.12. The van der Waals surface area contributed by atoms with E-state index in [-0.39, 0.29) is 5.78 Å². The van der Waals surface area contributed by atoms with Gasteiger partial charge in [0, 0.05) is 31.6 Å². The van der Waals surface area contributed by atoms with E-state index in [0.29, 0.717) is 5.69 Å². The van der Waals surface area contributed by atoms with Gasteiger partial charge in [0.05, 0.1) is 6.33 Å². The highest BCUT2D eigenvalue weighted by Gasteiger charge is 2.07. The van der Waals surface area contributed by atoms with Crippen LogP contribution < -0.4 is 0 Å². The molecule has 0 atom stereocenters. The number of piperidine rings is 1. The molecule has 2 heterocycles. The van der Waals surface area contributed by atoms with E-state index in [1.54, 1.807) is 12.3 Å². The van der Waals surface area contributed by atoms with Gasteiger partial charge in [-0.1, -0.05) is 0 Å². The van der Waals surface area contributed by atoms with Crippen molar-refractivity contribution in [2.24, 2.45) is 0 Å². The van der Waals surface area contributed by atoms with Crippen molar-refractivity contribution in [3.8, 4) is 0 Å². The van der Waals surface area contributed by atoms with Crippen molar-refractivity contribution in [2.75, 3.05) is 13.1 Å². The molecule has 2 rings (SSSR count). The molecule has 80 valence electrons. The summed E-state index contributed by atoms with van der Waals surface area (Å²) < 4.78 is 0. The Morgan fingerprint density at radius 3 is 2.87 bits per heavy atom. The Kier molecular flexibility index (Phi) is 3.17. The van der Waals surface area contributed by atoms with Gasteiger partial charge in [-0.05, 0) is 19.3 Å². The van der Waals surface area contributed by atoms with Crippen molar-refractivity contribution in [3.05, 3.63) is 30.5 Å². The number of H-pyrrole nitrogens is 1. The second-order valence-corrected chi connectivity index (χ2v) is 3.73. The molecule has 1 aromatic heterocycles. The van der Waals surface area contributed by atoms with Crippen molar-refractivity contribution in [2.45, 2.75) is 19.3 Å². The molecule has 0 aromatic carbocycles. The number of carbonyl (C=O) groups is 1. The molecule has 0 saturated carbocycles. The average molecular weight is 205 g/mol. The minimum absolute atomic E-state index is 0.0400. The Hall–Kier alpha value is -1.58. The standard InChI is InChI=1S/C11H15N3O/c15-11(10-8-12-9-13-10)4-7-14-5-2-1-3-6-14/h4,7-9H,1-3,5-6H2,(H,12,13). The lowest BCUT2D eigenvalue weighted by Gasteiger charge is -2.24. The number of hydrogen-bond donors (Lipinski definition) is 1. The van der Waals surface area contributed by atoms with Crippen LogP contribution in [0.4, 0.5) is 0 Å². The van der Waals surface area contributed by atoms with E-state index in [1.165, 1.54) is 25.6 Å². The molecule has 15 heavy (non-hydrogen) atoms. The monoisotopic (exact) mass is 205 g/mol. The lowest BCUT2D eigenvalue weighted by molar-refractivity contribution is 0.104. The summed E-state index contributed by atoms with van der Waals surface area (Å²) in [7, 11) is 0. The van der Waals surface area contributed by atoms with Gasteiger partial charge in [-0.25, -0.2) is 4.98 Å². The van der Waals surface area contributed by atoms with Crippen LogP contribution in [0.3, 0.4) is 0 Å². The summed E-state index contributed by atoms with van der Waals surface area (Å²) in [5.41, 5.74) is 0.475. The Morgan fingerprint density at radius 1 is 1.40 bits per heavy atom. The molecule has 0 aliphatic carbocycles. The fourth-order valence-electron chi connectivity index (χ4n) is 1.72. The molecule has 0 radical (unpaired) electrons. The fraction of sp³-hybridized carbons (Fsp3) is 0.455. The molecule has 1 saturated heterocycles.